The number of rotatable bonds is 14. The van der Waals surface area contributed by atoms with E-state index < -0.39 is 36.9 Å². The highest BCUT2D eigenvalue weighted by Gasteiger charge is 2.19. The quantitative estimate of drug-likeness (QED) is 0.144. The molecule has 216 valence electrons. The van der Waals surface area contributed by atoms with E-state index in [0.29, 0.717) is 64.7 Å². The lowest BCUT2D eigenvalue weighted by molar-refractivity contribution is -0.395. The van der Waals surface area contributed by atoms with Crippen LogP contribution < -0.4 is 22.5 Å². The molecule has 2 aromatic carbocycles. The van der Waals surface area contributed by atoms with Crippen LogP contribution in [0.3, 0.4) is 0 Å². The molecule has 39 heavy (non-hydrogen) atoms. The molecule has 0 saturated carbocycles. The van der Waals surface area contributed by atoms with Crippen molar-refractivity contribution in [3.63, 3.8) is 0 Å². The van der Waals surface area contributed by atoms with Gasteiger partial charge in [0.2, 0.25) is 5.82 Å². The maximum Gasteiger partial charge on any atom is 0.311 e. The molecule has 0 fully saturated rings. The highest BCUT2D eigenvalue weighted by Crippen LogP contribution is 2.28. The fourth-order valence-corrected chi connectivity index (χ4v) is 2.40. The highest BCUT2D eigenvalue weighted by atomic mass is 19.1. The zero-order chi connectivity index (χ0) is 29.8. The molecule has 19 heteroatoms. The Labute approximate surface area is 220 Å². The molecular weight excluding hydrogens is 531 g/mol. The van der Waals surface area contributed by atoms with Crippen molar-refractivity contribution in [3.05, 3.63) is 82.7 Å². The lowest BCUT2D eigenvalue weighted by Crippen LogP contribution is -2.15. The monoisotopic (exact) mass is 560 g/mol. The van der Waals surface area contributed by atoms with Crippen molar-refractivity contribution >= 4 is 28.4 Å². The third kappa shape index (κ3) is 14.2. The topological polar surface area (TPSA) is 281 Å². The molecule has 0 aliphatic carbocycles. The summed E-state index contributed by atoms with van der Waals surface area (Å²) in [4.78, 5) is 38.5. The van der Waals surface area contributed by atoms with Gasteiger partial charge >= 0.3 is 5.69 Å². The number of benzene rings is 2. The summed E-state index contributed by atoms with van der Waals surface area (Å²) in [6.07, 6.45) is 0. The second-order valence-electron chi connectivity index (χ2n) is 6.88. The number of nitrogens with one attached hydrogen (secondary N) is 1. The van der Waals surface area contributed by atoms with Gasteiger partial charge in [-0.25, -0.2) is 0 Å². The Morgan fingerprint density at radius 2 is 1.10 bits per heavy atom. The first-order valence-corrected chi connectivity index (χ1v) is 11.0. The summed E-state index contributed by atoms with van der Waals surface area (Å²) in [6.45, 7) is 3.90. The van der Waals surface area contributed by atoms with Crippen LogP contribution in [0.2, 0.25) is 0 Å². The molecule has 0 spiro atoms. The molecular formula is C20H29FN8O10. The largest absolute Gasteiger partial charge is 0.379 e. The lowest BCUT2D eigenvalue weighted by Gasteiger charge is -2.07. The standard InChI is InChI=1S/C10H14N4O5.C6H3FN2O4.C4H12N2O/c11-3-5-19-6-4-12-9-2-1-8(13(15)16)7-10(9)14(17)18;7-5-2-1-4(8(10)11)3-6(5)9(12)13;5-1-3-7-4-2-6/h1-2,7,12H,3-6,11H2;1-3H;1-6H2. The Morgan fingerprint density at radius 3 is 1.54 bits per heavy atom. The normalized spacial score (nSPS) is 9.85. The van der Waals surface area contributed by atoms with Gasteiger partial charge in [-0.2, -0.15) is 4.39 Å². The van der Waals surface area contributed by atoms with Gasteiger partial charge in [-0.1, -0.05) is 0 Å². The Balaban J connectivity index is 0.000000622. The van der Waals surface area contributed by atoms with Crippen molar-refractivity contribution in [1.29, 1.82) is 0 Å². The van der Waals surface area contributed by atoms with Crippen molar-refractivity contribution in [2.45, 2.75) is 0 Å². The maximum absolute atomic E-state index is 12.6. The van der Waals surface area contributed by atoms with Crippen LogP contribution in [-0.2, 0) is 9.47 Å². The number of nitro groups is 4. The lowest BCUT2D eigenvalue weighted by atomic mass is 10.2. The van der Waals surface area contributed by atoms with E-state index in [-0.39, 0.29) is 17.1 Å². The molecule has 0 unspecified atom stereocenters. The van der Waals surface area contributed by atoms with Crippen molar-refractivity contribution in [2.24, 2.45) is 17.2 Å². The van der Waals surface area contributed by atoms with Crippen LogP contribution in [0.15, 0.2) is 36.4 Å². The number of halogens is 1. The molecule has 0 atom stereocenters. The number of nitrogens with two attached hydrogens (primary N) is 3. The van der Waals surface area contributed by atoms with Gasteiger partial charge in [0.25, 0.3) is 17.1 Å². The molecule has 0 aliphatic rings. The summed E-state index contributed by atoms with van der Waals surface area (Å²) in [5.41, 5.74) is 13.6. The van der Waals surface area contributed by atoms with Gasteiger partial charge in [0.05, 0.1) is 58.3 Å². The zero-order valence-electron chi connectivity index (χ0n) is 20.6. The SMILES string of the molecule is NCCOCCN.NCCOCCNc1ccc([N+](=O)[O-])cc1[N+](=O)[O-].O=[N+]([O-])c1ccc(F)c([N+](=O)[O-])c1. The molecule has 0 radical (unpaired) electrons. The summed E-state index contributed by atoms with van der Waals surface area (Å²) in [5.74, 6) is -1.09. The molecule has 0 aliphatic heterocycles. The van der Waals surface area contributed by atoms with Crippen LogP contribution in [0.1, 0.15) is 0 Å². The molecule has 0 bridgehead atoms. The van der Waals surface area contributed by atoms with Crippen LogP contribution in [0.25, 0.3) is 0 Å². The summed E-state index contributed by atoms with van der Waals surface area (Å²) < 4.78 is 22.6. The fraction of sp³-hybridized carbons (Fsp3) is 0.400. The van der Waals surface area contributed by atoms with Gasteiger partial charge in [0.15, 0.2) is 0 Å². The van der Waals surface area contributed by atoms with Gasteiger partial charge in [-0.05, 0) is 12.1 Å². The minimum atomic E-state index is -1.09. The zero-order valence-corrected chi connectivity index (χ0v) is 20.6. The van der Waals surface area contributed by atoms with Gasteiger partial charge in [0.1, 0.15) is 5.69 Å². The Hall–Kier alpha value is -4.43. The number of nitrogens with zero attached hydrogens (tertiary/aromatic N) is 4. The van der Waals surface area contributed by atoms with Crippen molar-refractivity contribution < 1.29 is 33.6 Å². The van der Waals surface area contributed by atoms with Crippen molar-refractivity contribution in [3.8, 4) is 0 Å². The highest BCUT2D eigenvalue weighted by molar-refractivity contribution is 5.65. The Morgan fingerprint density at radius 1 is 0.667 bits per heavy atom. The number of nitro benzene ring substituents is 4. The first kappa shape index (κ1) is 34.6. The summed E-state index contributed by atoms with van der Waals surface area (Å²) in [7, 11) is 0. The predicted octanol–water partition coefficient (Wildman–Crippen LogP) is 1.45. The van der Waals surface area contributed by atoms with E-state index >= 15 is 0 Å². The van der Waals surface area contributed by atoms with Crippen LogP contribution >= 0.6 is 0 Å². The minimum absolute atomic E-state index is 0.215. The second-order valence-corrected chi connectivity index (χ2v) is 6.88. The molecule has 2 rings (SSSR count). The van der Waals surface area contributed by atoms with Gasteiger partial charge in [-0.3, -0.25) is 40.5 Å². The Bertz CT molecular complexity index is 1090. The van der Waals surface area contributed by atoms with Crippen LogP contribution in [0.4, 0.5) is 32.8 Å². The van der Waals surface area contributed by atoms with Crippen LogP contribution in [0.5, 0.6) is 0 Å². The molecule has 18 nitrogen and oxygen atoms in total. The first-order valence-electron chi connectivity index (χ1n) is 11.0. The number of hydrogen-bond donors (Lipinski definition) is 4. The third-order valence-corrected chi connectivity index (χ3v) is 4.07. The molecule has 0 amide bonds. The minimum Gasteiger partial charge on any atom is -0.379 e. The van der Waals surface area contributed by atoms with E-state index in [9.17, 15) is 44.8 Å². The van der Waals surface area contributed by atoms with E-state index in [1.54, 1.807) is 0 Å². The second kappa shape index (κ2) is 19.7. The third-order valence-electron chi connectivity index (χ3n) is 4.07. The van der Waals surface area contributed by atoms with Crippen LogP contribution in [0, 0.1) is 46.3 Å². The van der Waals surface area contributed by atoms with Crippen LogP contribution in [-0.4, -0.2) is 72.3 Å². The molecule has 0 heterocycles. The van der Waals surface area contributed by atoms with Crippen molar-refractivity contribution in [1.82, 2.24) is 0 Å². The van der Waals surface area contributed by atoms with E-state index in [0.717, 1.165) is 12.1 Å². The predicted molar refractivity (Wildman–Crippen MR) is 137 cm³/mol. The number of anilines is 1. The molecule has 2 aromatic rings. The molecule has 0 aromatic heterocycles. The van der Waals surface area contributed by atoms with Gasteiger partial charge in [-0.15, -0.1) is 0 Å². The van der Waals surface area contributed by atoms with E-state index in [2.05, 4.69) is 5.32 Å². The number of hydrogen-bond acceptors (Lipinski definition) is 14. The van der Waals surface area contributed by atoms with Crippen molar-refractivity contribution in [2.75, 3.05) is 57.9 Å². The summed E-state index contributed by atoms with van der Waals surface area (Å²) >= 11 is 0. The summed E-state index contributed by atoms with van der Waals surface area (Å²) in [6, 6.07) is 5.56. The van der Waals surface area contributed by atoms with E-state index in [4.69, 9.17) is 26.7 Å². The van der Waals surface area contributed by atoms with E-state index in [1.165, 1.54) is 12.1 Å². The molecule has 7 N–H and O–H groups in total. The maximum atomic E-state index is 12.6. The van der Waals surface area contributed by atoms with E-state index in [1.807, 2.05) is 0 Å². The van der Waals surface area contributed by atoms with Gasteiger partial charge < -0.3 is 32.0 Å². The average molecular weight is 560 g/mol. The smallest absolute Gasteiger partial charge is 0.311 e. The Kier molecular flexibility index (Phi) is 17.4. The van der Waals surface area contributed by atoms with Gasteiger partial charge in [0, 0.05) is 38.3 Å². The first-order chi connectivity index (χ1) is 18.5. The molecule has 0 saturated heterocycles. The number of non-ortho nitro benzene ring substituents is 2. The summed E-state index contributed by atoms with van der Waals surface area (Å²) in [5, 5.41) is 44.5. The fourth-order valence-electron chi connectivity index (χ4n) is 2.40. The number of ether oxygens (including phenoxy) is 2. The average Bonchev–Trinajstić information content (AvgIpc) is 2.89.